The quantitative estimate of drug-likeness (QED) is 0.0651. The summed E-state index contributed by atoms with van der Waals surface area (Å²) >= 11 is 0. The lowest BCUT2D eigenvalue weighted by Gasteiger charge is -2.50. The molecule has 0 aliphatic carbocycles. The van der Waals surface area contributed by atoms with Gasteiger partial charge in [0.05, 0.1) is 43.7 Å². The summed E-state index contributed by atoms with van der Waals surface area (Å²) < 4.78 is 48.0. The summed E-state index contributed by atoms with van der Waals surface area (Å²) in [5.74, 6) is -6.61. The molecule has 3 rings (SSSR count). The molecule has 0 spiro atoms. The molecule has 3 aliphatic heterocycles. The summed E-state index contributed by atoms with van der Waals surface area (Å²) in [6, 6.07) is 0. The van der Waals surface area contributed by atoms with Crippen LogP contribution in [0.2, 0.25) is 0 Å². The van der Waals surface area contributed by atoms with Crippen molar-refractivity contribution in [1.82, 2.24) is 0 Å². The smallest absolute Gasteiger partial charge is 0.404 e. The number of carbonyl (C=O) groups is 3. The third-order valence-electron chi connectivity index (χ3n) is 13.8. The Morgan fingerprint density at radius 3 is 2.33 bits per heavy atom. The third-order valence-corrected chi connectivity index (χ3v) is 13.8. The predicted octanol–water partition coefficient (Wildman–Crippen LogP) is 6.73. The van der Waals surface area contributed by atoms with Gasteiger partial charge >= 0.3 is 18.0 Å². The van der Waals surface area contributed by atoms with Crippen molar-refractivity contribution in [2.24, 2.45) is 41.2 Å². The van der Waals surface area contributed by atoms with Crippen LogP contribution in [0, 0.1) is 35.5 Å². The van der Waals surface area contributed by atoms with E-state index < -0.39 is 103 Å². The average Bonchev–Trinajstić information content (AvgIpc) is 3.27. The first kappa shape index (κ1) is 57.7. The maximum atomic E-state index is 14.0. The van der Waals surface area contributed by atoms with E-state index >= 15 is 0 Å². The Hall–Kier alpha value is -3.61. The molecule has 0 aromatic heterocycles. The van der Waals surface area contributed by atoms with E-state index in [4.69, 9.17) is 43.6 Å². The van der Waals surface area contributed by atoms with Gasteiger partial charge in [-0.25, -0.2) is 9.59 Å². The Balaban J connectivity index is 2.01. The zero-order chi connectivity index (χ0) is 50.3. The highest BCUT2D eigenvalue weighted by molar-refractivity contribution is 5.87. The molecular formula is C51H83NO15. The van der Waals surface area contributed by atoms with Crippen molar-refractivity contribution in [3.05, 3.63) is 59.4 Å². The largest absolute Gasteiger partial charge is 0.490 e. The molecule has 0 aromatic carbocycles. The van der Waals surface area contributed by atoms with Gasteiger partial charge in [0.2, 0.25) is 5.76 Å². The summed E-state index contributed by atoms with van der Waals surface area (Å²) in [5, 5.41) is 47.6. The Morgan fingerprint density at radius 1 is 1.04 bits per heavy atom. The maximum Gasteiger partial charge on any atom is 0.404 e. The van der Waals surface area contributed by atoms with Crippen LogP contribution in [0.15, 0.2) is 59.4 Å². The van der Waals surface area contributed by atoms with Gasteiger partial charge in [0.25, 0.3) is 0 Å². The number of hydrogen-bond acceptors (Lipinski definition) is 15. The van der Waals surface area contributed by atoms with Gasteiger partial charge in [-0.1, -0.05) is 102 Å². The molecule has 0 saturated carbocycles. The van der Waals surface area contributed by atoms with Gasteiger partial charge in [-0.05, 0) is 59.0 Å². The van der Waals surface area contributed by atoms with Gasteiger partial charge in [0, 0.05) is 56.0 Å². The van der Waals surface area contributed by atoms with Crippen LogP contribution in [0.25, 0.3) is 0 Å². The minimum atomic E-state index is -2.00. The molecule has 16 nitrogen and oxygen atoms in total. The second kappa shape index (κ2) is 27.0. The molecule has 1 amide bonds. The number of hydrogen-bond donors (Lipinski definition) is 5. The number of aliphatic hydroxyl groups is 4. The molecule has 67 heavy (non-hydrogen) atoms. The standard InChI is InChI=1S/C51H83NO15/c1-14-17-22-42(53)63-39-26-43(62-35(11)48(39)66-50(52)58)64-41-27-51(59,67-37(19-15-2)32(41)8)34(10)46(56)33(9)47-38(60-12)21-18-20-28(4)23-30(6)44(54)36(16-3)45(55)31(7)24-29(5)25-40(61-13)49(57)65-47/h15,18-21,24-25,30-39,41,43-48,54-56,59H,14,16-17,22-23,26-27H2,1-13H3,(H2,52,58)/b19-15+,21-18+,28-20+,29-24+,40-25-/t30-,31-,32-,33+,34+,35+,36+,37-,38+,39+,41-,43-,44+,45-,46-,47-,48+,51-/m1/s1. The zero-order valence-corrected chi connectivity index (χ0v) is 42.2. The highest BCUT2D eigenvalue weighted by atomic mass is 16.7. The lowest BCUT2D eigenvalue weighted by Crippen LogP contribution is -2.59. The number of carbonyl (C=O) groups excluding carboxylic acids is 3. The third kappa shape index (κ3) is 16.0. The molecular weight excluding hydrogens is 867 g/mol. The molecule has 0 radical (unpaired) electrons. The van der Waals surface area contributed by atoms with Crippen LogP contribution in [-0.2, 0) is 47.5 Å². The number of cyclic esters (lactones) is 1. The number of ether oxygens (including phenoxy) is 8. The van der Waals surface area contributed by atoms with Gasteiger partial charge in [-0.3, -0.25) is 4.79 Å². The number of methoxy groups -OCH3 is 2. The van der Waals surface area contributed by atoms with Crippen molar-refractivity contribution < 1.29 is 72.7 Å². The predicted molar refractivity (Wildman–Crippen MR) is 252 cm³/mol. The molecule has 18 atom stereocenters. The number of unbranched alkanes of at least 4 members (excludes halogenated alkanes) is 1. The normalized spacial score (nSPS) is 39.4. The Morgan fingerprint density at radius 2 is 1.73 bits per heavy atom. The number of esters is 2. The second-order valence-electron chi connectivity index (χ2n) is 19.1. The van der Waals surface area contributed by atoms with E-state index in [1.165, 1.54) is 20.3 Å². The van der Waals surface area contributed by atoms with Crippen molar-refractivity contribution >= 4 is 18.0 Å². The van der Waals surface area contributed by atoms with E-state index in [-0.39, 0.29) is 48.7 Å². The molecule has 382 valence electrons. The SMILES string of the molecule is C/C=C/[C@H]1O[C@@](O)([C@@H](C)[C@H](O)[C@H](C)[C@H]2OC(=O)/C(OC)=C/C(C)=C/[C@@H](C)[C@@H](O)[C@@H](CC)[C@@H](O)[C@H](C)C/C(C)=C/C=C/[C@@H]2OC)C[C@@H](O[C@@H]2C[C@H](OC(=O)CCCC)[C@@H](OC(N)=O)[C@H](C)O2)[C@@H]1C. The molecule has 6 N–H and O–H groups in total. The number of aliphatic hydroxyl groups excluding tert-OH is 3. The summed E-state index contributed by atoms with van der Waals surface area (Å²) in [7, 11) is 2.81. The summed E-state index contributed by atoms with van der Waals surface area (Å²) in [5.41, 5.74) is 6.95. The first-order valence-electron chi connectivity index (χ1n) is 24.1. The van der Waals surface area contributed by atoms with Crippen LogP contribution in [-0.4, -0.2) is 126 Å². The minimum Gasteiger partial charge on any atom is -0.490 e. The summed E-state index contributed by atoms with van der Waals surface area (Å²) in [6.07, 6.45) is 3.78. The van der Waals surface area contributed by atoms with Gasteiger partial charge in [0.15, 0.2) is 18.2 Å². The van der Waals surface area contributed by atoms with E-state index in [0.717, 1.165) is 12.0 Å². The van der Waals surface area contributed by atoms with Crippen molar-refractivity contribution in [1.29, 1.82) is 0 Å². The first-order valence-corrected chi connectivity index (χ1v) is 24.1. The average molecular weight is 950 g/mol. The highest BCUT2D eigenvalue weighted by Gasteiger charge is 2.53. The van der Waals surface area contributed by atoms with Crippen molar-refractivity contribution in [3.8, 4) is 0 Å². The monoisotopic (exact) mass is 950 g/mol. The van der Waals surface area contributed by atoms with Crippen molar-refractivity contribution in [2.45, 2.75) is 194 Å². The second-order valence-corrected chi connectivity index (χ2v) is 19.1. The topological polar surface area (TPSA) is 232 Å². The zero-order valence-electron chi connectivity index (χ0n) is 42.2. The van der Waals surface area contributed by atoms with Crippen LogP contribution in [0.3, 0.4) is 0 Å². The summed E-state index contributed by atoms with van der Waals surface area (Å²) in [6.45, 7) is 20.2. The lowest BCUT2D eigenvalue weighted by molar-refractivity contribution is -0.339. The molecule has 3 heterocycles. The fourth-order valence-electron chi connectivity index (χ4n) is 9.58. The minimum absolute atomic E-state index is 0.00828. The number of rotatable bonds is 15. The fourth-order valence-corrected chi connectivity index (χ4v) is 9.58. The van der Waals surface area contributed by atoms with Crippen LogP contribution >= 0.6 is 0 Å². The van der Waals surface area contributed by atoms with Crippen LogP contribution in [0.1, 0.15) is 121 Å². The van der Waals surface area contributed by atoms with E-state index in [2.05, 4.69) is 0 Å². The van der Waals surface area contributed by atoms with Crippen LogP contribution in [0.4, 0.5) is 4.79 Å². The molecule has 3 aliphatic rings. The van der Waals surface area contributed by atoms with Gasteiger partial charge in [-0.2, -0.15) is 0 Å². The molecule has 0 aromatic rings. The summed E-state index contributed by atoms with van der Waals surface area (Å²) in [4.78, 5) is 38.7. The van der Waals surface area contributed by atoms with Crippen LogP contribution in [0.5, 0.6) is 0 Å². The lowest BCUT2D eigenvalue weighted by atomic mass is 9.77. The van der Waals surface area contributed by atoms with Crippen molar-refractivity contribution in [3.63, 3.8) is 0 Å². The molecule has 2 saturated heterocycles. The van der Waals surface area contributed by atoms with Gasteiger partial charge < -0.3 is 64.1 Å². The Kier molecular flexibility index (Phi) is 23.2. The van der Waals surface area contributed by atoms with Crippen molar-refractivity contribution in [2.75, 3.05) is 14.2 Å². The molecule has 0 bridgehead atoms. The van der Waals surface area contributed by atoms with E-state index in [9.17, 15) is 34.8 Å². The fraction of sp³-hybridized carbons (Fsp3) is 0.745. The van der Waals surface area contributed by atoms with E-state index in [0.29, 0.717) is 24.8 Å². The maximum absolute atomic E-state index is 14.0. The number of allylic oxidation sites excluding steroid dienone is 6. The molecule has 2 fully saturated rings. The van der Waals surface area contributed by atoms with Crippen LogP contribution < -0.4 is 5.73 Å². The first-order chi connectivity index (χ1) is 31.5. The highest BCUT2D eigenvalue weighted by Crippen LogP contribution is 2.43. The van der Waals surface area contributed by atoms with Gasteiger partial charge in [0.1, 0.15) is 18.3 Å². The van der Waals surface area contributed by atoms with Gasteiger partial charge in [-0.15, -0.1) is 0 Å². The molecule has 0 unspecified atom stereocenters. The van der Waals surface area contributed by atoms with E-state index in [1.54, 1.807) is 52.0 Å². The number of nitrogens with two attached hydrogens (primary N) is 1. The van der Waals surface area contributed by atoms with E-state index in [1.807, 2.05) is 60.6 Å². The number of amides is 1. The Bertz CT molecular complexity index is 1750. The molecule has 16 heteroatoms. The Labute approximate surface area is 398 Å². The number of primary amides is 1.